The molecule has 4 aliphatic rings. The standard InChI is InChI=1S/C23H27N3O/c24-22(27)20-3-1-2-19(9-20)21-5-4-15(13-25-21)14-26-23-10-16-6-17(11-23)8-18(7-16)12-23/h1-5,9,13,16-18,26H,6-8,10-12,14H2,(H2,24,27). The van der Waals surface area contributed by atoms with E-state index in [1.54, 1.807) is 12.1 Å². The molecule has 1 aromatic carbocycles. The summed E-state index contributed by atoms with van der Waals surface area (Å²) >= 11 is 0. The van der Waals surface area contributed by atoms with Gasteiger partial charge >= 0.3 is 0 Å². The average Bonchev–Trinajstić information content (AvgIpc) is 2.66. The maximum atomic E-state index is 11.4. The molecule has 4 heteroatoms. The van der Waals surface area contributed by atoms with Crippen LogP contribution in [0.5, 0.6) is 0 Å². The van der Waals surface area contributed by atoms with Crippen molar-refractivity contribution in [3.63, 3.8) is 0 Å². The van der Waals surface area contributed by atoms with Crippen LogP contribution in [0, 0.1) is 17.8 Å². The van der Waals surface area contributed by atoms with Crippen LogP contribution in [0.25, 0.3) is 11.3 Å². The van der Waals surface area contributed by atoms with Gasteiger partial charge in [0.2, 0.25) is 5.91 Å². The molecule has 4 saturated carbocycles. The molecule has 1 amide bonds. The Balaban J connectivity index is 1.27. The lowest BCUT2D eigenvalue weighted by atomic mass is 9.53. The van der Waals surface area contributed by atoms with Crippen LogP contribution in [0.15, 0.2) is 42.6 Å². The first-order valence-corrected chi connectivity index (χ1v) is 10.2. The van der Waals surface area contributed by atoms with Crippen molar-refractivity contribution in [1.82, 2.24) is 10.3 Å². The van der Waals surface area contributed by atoms with Gasteiger partial charge in [-0.15, -0.1) is 0 Å². The van der Waals surface area contributed by atoms with Crippen molar-refractivity contribution in [1.29, 1.82) is 0 Å². The summed E-state index contributed by atoms with van der Waals surface area (Å²) in [6, 6.07) is 11.5. The quantitative estimate of drug-likeness (QED) is 0.848. The first-order chi connectivity index (χ1) is 13.1. The molecule has 1 aromatic heterocycles. The number of amides is 1. The minimum absolute atomic E-state index is 0.378. The Hall–Kier alpha value is -2.20. The lowest BCUT2D eigenvalue weighted by Gasteiger charge is -2.57. The number of carbonyl (C=O) groups excluding carboxylic acids is 1. The fourth-order valence-electron chi connectivity index (χ4n) is 6.15. The summed E-state index contributed by atoms with van der Waals surface area (Å²) in [6.07, 6.45) is 10.5. The predicted molar refractivity (Wildman–Crippen MR) is 106 cm³/mol. The second-order valence-electron chi connectivity index (χ2n) is 9.05. The molecule has 0 atom stereocenters. The van der Waals surface area contributed by atoms with Crippen molar-refractivity contribution in [2.45, 2.75) is 50.6 Å². The molecule has 0 unspecified atom stereocenters. The van der Waals surface area contributed by atoms with Gasteiger partial charge in [-0.1, -0.05) is 18.2 Å². The van der Waals surface area contributed by atoms with Crippen molar-refractivity contribution in [3.05, 3.63) is 53.7 Å². The average molecular weight is 361 g/mol. The van der Waals surface area contributed by atoms with Gasteiger partial charge < -0.3 is 11.1 Å². The predicted octanol–water partition coefficient (Wildman–Crippen LogP) is 3.91. The molecule has 4 aliphatic carbocycles. The third-order valence-electron chi connectivity index (χ3n) is 6.97. The maximum Gasteiger partial charge on any atom is 0.248 e. The van der Waals surface area contributed by atoms with E-state index >= 15 is 0 Å². The van der Waals surface area contributed by atoms with Gasteiger partial charge in [0.25, 0.3) is 0 Å². The number of primary amides is 1. The summed E-state index contributed by atoms with van der Waals surface area (Å²) in [4.78, 5) is 16.0. The van der Waals surface area contributed by atoms with E-state index in [0.717, 1.165) is 35.6 Å². The summed E-state index contributed by atoms with van der Waals surface area (Å²) in [5.41, 5.74) is 9.29. The van der Waals surface area contributed by atoms with Crippen LogP contribution in [0.2, 0.25) is 0 Å². The molecule has 0 aliphatic heterocycles. The number of nitrogens with one attached hydrogen (secondary N) is 1. The fraction of sp³-hybridized carbons (Fsp3) is 0.478. The number of benzene rings is 1. The molecule has 4 bridgehead atoms. The van der Waals surface area contributed by atoms with E-state index in [1.165, 1.54) is 44.1 Å². The Morgan fingerprint density at radius 1 is 1.07 bits per heavy atom. The third-order valence-corrected chi connectivity index (χ3v) is 6.97. The smallest absolute Gasteiger partial charge is 0.248 e. The largest absolute Gasteiger partial charge is 0.366 e. The Labute approximate surface area is 160 Å². The molecule has 0 spiro atoms. The minimum atomic E-state index is -0.409. The number of pyridine rings is 1. The van der Waals surface area contributed by atoms with E-state index in [2.05, 4.69) is 16.4 Å². The van der Waals surface area contributed by atoms with Crippen molar-refractivity contribution in [2.75, 3.05) is 0 Å². The summed E-state index contributed by atoms with van der Waals surface area (Å²) in [5.74, 6) is 2.47. The normalized spacial score (nSPS) is 31.2. The lowest BCUT2D eigenvalue weighted by Crippen LogP contribution is -2.58. The zero-order chi connectivity index (χ0) is 18.4. The molecular formula is C23H27N3O. The van der Waals surface area contributed by atoms with Crippen LogP contribution in [-0.2, 0) is 6.54 Å². The molecule has 27 heavy (non-hydrogen) atoms. The van der Waals surface area contributed by atoms with E-state index in [1.807, 2.05) is 24.4 Å². The van der Waals surface area contributed by atoms with Gasteiger partial charge in [-0.3, -0.25) is 9.78 Å². The zero-order valence-corrected chi connectivity index (χ0v) is 15.7. The molecule has 6 rings (SSSR count). The van der Waals surface area contributed by atoms with Crippen LogP contribution in [-0.4, -0.2) is 16.4 Å². The second kappa shape index (κ2) is 6.45. The molecule has 0 saturated heterocycles. The fourth-order valence-corrected chi connectivity index (χ4v) is 6.15. The maximum absolute atomic E-state index is 11.4. The van der Waals surface area contributed by atoms with Gasteiger partial charge in [0.05, 0.1) is 5.69 Å². The monoisotopic (exact) mass is 361 g/mol. The number of hydrogen-bond acceptors (Lipinski definition) is 3. The second-order valence-corrected chi connectivity index (χ2v) is 9.05. The van der Waals surface area contributed by atoms with Crippen molar-refractivity contribution in [2.24, 2.45) is 23.5 Å². The van der Waals surface area contributed by atoms with Crippen LogP contribution in [0.1, 0.15) is 54.4 Å². The van der Waals surface area contributed by atoms with Gasteiger partial charge in [0.15, 0.2) is 0 Å². The van der Waals surface area contributed by atoms with E-state index in [-0.39, 0.29) is 0 Å². The van der Waals surface area contributed by atoms with Gasteiger partial charge in [0.1, 0.15) is 0 Å². The van der Waals surface area contributed by atoms with Crippen molar-refractivity contribution >= 4 is 5.91 Å². The number of aromatic nitrogens is 1. The molecule has 3 N–H and O–H groups in total. The number of hydrogen-bond donors (Lipinski definition) is 2. The zero-order valence-electron chi connectivity index (χ0n) is 15.7. The van der Waals surface area contributed by atoms with Gasteiger partial charge in [-0.25, -0.2) is 0 Å². The highest BCUT2D eigenvalue weighted by atomic mass is 16.1. The number of nitrogens with zero attached hydrogens (tertiary/aromatic N) is 1. The highest BCUT2D eigenvalue weighted by Crippen LogP contribution is 2.55. The van der Waals surface area contributed by atoms with E-state index in [4.69, 9.17) is 5.73 Å². The first-order valence-electron chi connectivity index (χ1n) is 10.2. The Morgan fingerprint density at radius 3 is 2.37 bits per heavy atom. The molecule has 4 fully saturated rings. The SMILES string of the molecule is NC(=O)c1cccc(-c2ccc(CNC34CC5CC(CC(C5)C3)C4)cn2)c1. The Kier molecular flexibility index (Phi) is 4.05. The number of carbonyl (C=O) groups is 1. The Morgan fingerprint density at radius 2 is 1.78 bits per heavy atom. The summed E-state index contributed by atoms with van der Waals surface area (Å²) < 4.78 is 0. The topological polar surface area (TPSA) is 68.0 Å². The van der Waals surface area contributed by atoms with Gasteiger partial charge in [-0.2, -0.15) is 0 Å². The molecule has 2 aromatic rings. The summed E-state index contributed by atoms with van der Waals surface area (Å²) in [5, 5.41) is 3.93. The minimum Gasteiger partial charge on any atom is -0.366 e. The van der Waals surface area contributed by atoms with Crippen LogP contribution in [0.4, 0.5) is 0 Å². The molecule has 0 radical (unpaired) electrons. The number of rotatable bonds is 5. The summed E-state index contributed by atoms with van der Waals surface area (Å²) in [7, 11) is 0. The number of nitrogens with two attached hydrogens (primary N) is 1. The summed E-state index contributed by atoms with van der Waals surface area (Å²) in [6.45, 7) is 0.890. The first kappa shape index (κ1) is 16.9. The van der Waals surface area contributed by atoms with Crippen molar-refractivity contribution < 1.29 is 4.79 Å². The van der Waals surface area contributed by atoms with Gasteiger partial charge in [0, 0.05) is 29.4 Å². The Bertz CT molecular complexity index is 823. The van der Waals surface area contributed by atoms with Crippen LogP contribution in [0.3, 0.4) is 0 Å². The van der Waals surface area contributed by atoms with E-state index in [0.29, 0.717) is 11.1 Å². The van der Waals surface area contributed by atoms with E-state index in [9.17, 15) is 4.79 Å². The highest BCUT2D eigenvalue weighted by molar-refractivity contribution is 5.93. The van der Waals surface area contributed by atoms with E-state index < -0.39 is 5.91 Å². The van der Waals surface area contributed by atoms with Crippen LogP contribution < -0.4 is 11.1 Å². The molecular weight excluding hydrogens is 334 g/mol. The molecule has 1 heterocycles. The van der Waals surface area contributed by atoms with Gasteiger partial charge in [-0.05, 0) is 80.0 Å². The van der Waals surface area contributed by atoms with Crippen molar-refractivity contribution in [3.8, 4) is 11.3 Å². The lowest BCUT2D eigenvalue weighted by molar-refractivity contribution is -0.0206. The molecule has 4 nitrogen and oxygen atoms in total. The molecule has 140 valence electrons. The highest BCUT2D eigenvalue weighted by Gasteiger charge is 2.50. The third kappa shape index (κ3) is 3.27. The van der Waals surface area contributed by atoms with Crippen LogP contribution >= 0.6 is 0 Å².